The maximum Gasteiger partial charge on any atom is 0.329 e. The summed E-state index contributed by atoms with van der Waals surface area (Å²) in [6.45, 7) is 5.45. The minimum atomic E-state index is -0.649. The molecule has 0 saturated carbocycles. The van der Waals surface area contributed by atoms with Gasteiger partial charge in [-0.15, -0.1) is 0 Å². The van der Waals surface area contributed by atoms with Gasteiger partial charge in [0.15, 0.2) is 0 Å². The standard InChI is InChI=1S/C24H24N4O4/c1-14-3-6-19(15(2)11-14)27-10-9-26(24(27)32)17-4-5-18-16(12-17)13-28(23(18)31)20-7-8-21(29)25-22(20)30/h3-6,11-12,20H,7-10,13H2,1-2H3,(H,25,29,30). The normalized spacial score (nSPS) is 20.8. The van der Waals surface area contributed by atoms with Crippen LogP contribution in [-0.2, 0) is 16.1 Å². The van der Waals surface area contributed by atoms with E-state index in [0.717, 1.165) is 28.1 Å². The van der Waals surface area contributed by atoms with Crippen LogP contribution in [-0.4, -0.2) is 47.8 Å². The molecule has 1 atom stereocenters. The van der Waals surface area contributed by atoms with Gasteiger partial charge in [-0.1, -0.05) is 17.7 Å². The first-order valence-corrected chi connectivity index (χ1v) is 10.8. The zero-order chi connectivity index (χ0) is 22.6. The fourth-order valence-corrected chi connectivity index (χ4v) is 4.84. The molecule has 0 radical (unpaired) electrons. The summed E-state index contributed by atoms with van der Waals surface area (Å²) in [5.74, 6) is -0.953. The third kappa shape index (κ3) is 3.23. The molecular weight excluding hydrogens is 408 g/mol. The van der Waals surface area contributed by atoms with Crippen LogP contribution in [0.2, 0.25) is 0 Å². The molecule has 5 rings (SSSR count). The van der Waals surface area contributed by atoms with Gasteiger partial charge in [0.25, 0.3) is 5.91 Å². The predicted molar refractivity (Wildman–Crippen MR) is 118 cm³/mol. The Kier molecular flexibility index (Phi) is 4.73. The molecule has 3 aliphatic heterocycles. The number of nitrogens with one attached hydrogen (secondary N) is 1. The third-order valence-corrected chi connectivity index (χ3v) is 6.47. The Balaban J connectivity index is 1.37. The van der Waals surface area contributed by atoms with Gasteiger partial charge in [-0.05, 0) is 55.7 Å². The molecule has 3 heterocycles. The number of piperidine rings is 1. The average molecular weight is 432 g/mol. The summed E-state index contributed by atoms with van der Waals surface area (Å²) in [7, 11) is 0. The van der Waals surface area contributed by atoms with Crippen molar-refractivity contribution in [1.29, 1.82) is 0 Å². The van der Waals surface area contributed by atoms with E-state index in [1.165, 1.54) is 4.90 Å². The van der Waals surface area contributed by atoms with Crippen LogP contribution in [0.1, 0.15) is 39.9 Å². The second-order valence-corrected chi connectivity index (χ2v) is 8.62. The molecule has 2 aromatic rings. The van der Waals surface area contributed by atoms with Crippen molar-refractivity contribution in [2.45, 2.75) is 39.3 Å². The lowest BCUT2D eigenvalue weighted by molar-refractivity contribution is -0.136. The first-order valence-electron chi connectivity index (χ1n) is 10.8. The van der Waals surface area contributed by atoms with E-state index >= 15 is 0 Å². The topological polar surface area (TPSA) is 90.0 Å². The van der Waals surface area contributed by atoms with Crippen molar-refractivity contribution < 1.29 is 19.2 Å². The molecule has 8 heteroatoms. The summed E-state index contributed by atoms with van der Waals surface area (Å²) in [6, 6.07) is 10.7. The van der Waals surface area contributed by atoms with Crippen LogP contribution < -0.4 is 15.1 Å². The maximum absolute atomic E-state index is 13.2. The summed E-state index contributed by atoms with van der Waals surface area (Å²) in [5.41, 5.74) is 5.17. The molecule has 8 nitrogen and oxygen atoms in total. The maximum atomic E-state index is 13.2. The zero-order valence-corrected chi connectivity index (χ0v) is 18.1. The highest BCUT2D eigenvalue weighted by Crippen LogP contribution is 2.33. The third-order valence-electron chi connectivity index (χ3n) is 6.47. The van der Waals surface area contributed by atoms with Crippen molar-refractivity contribution >= 4 is 35.1 Å². The second-order valence-electron chi connectivity index (χ2n) is 8.62. The average Bonchev–Trinajstić information content (AvgIpc) is 3.28. The quantitative estimate of drug-likeness (QED) is 0.755. The number of urea groups is 1. The molecule has 0 aromatic heterocycles. The van der Waals surface area contributed by atoms with Crippen LogP contribution in [0.15, 0.2) is 36.4 Å². The van der Waals surface area contributed by atoms with E-state index in [1.807, 2.05) is 32.0 Å². The number of rotatable bonds is 3. The largest absolute Gasteiger partial charge is 0.329 e. The van der Waals surface area contributed by atoms with Gasteiger partial charge < -0.3 is 4.90 Å². The summed E-state index contributed by atoms with van der Waals surface area (Å²) >= 11 is 0. The molecule has 0 bridgehead atoms. The molecule has 2 aromatic carbocycles. The van der Waals surface area contributed by atoms with E-state index in [0.29, 0.717) is 25.1 Å². The smallest absolute Gasteiger partial charge is 0.322 e. The minimum Gasteiger partial charge on any atom is -0.322 e. The SMILES string of the molecule is Cc1ccc(N2CCN(c3ccc4c(c3)CN(C3CCC(=O)NC3=O)C4=O)C2=O)c(C)c1. The number of imide groups is 1. The second kappa shape index (κ2) is 7.47. The highest BCUT2D eigenvalue weighted by Gasteiger charge is 2.40. The number of carbonyl (C=O) groups excluding carboxylic acids is 4. The van der Waals surface area contributed by atoms with Crippen molar-refractivity contribution in [3.05, 3.63) is 58.7 Å². The van der Waals surface area contributed by atoms with E-state index < -0.39 is 11.9 Å². The van der Waals surface area contributed by atoms with E-state index in [2.05, 4.69) is 11.4 Å². The molecule has 0 aliphatic carbocycles. The molecular formula is C24H24N4O4. The number of carbonyl (C=O) groups is 4. The predicted octanol–water partition coefficient (Wildman–Crippen LogP) is 2.51. The fourth-order valence-electron chi connectivity index (χ4n) is 4.84. The summed E-state index contributed by atoms with van der Waals surface area (Å²) in [4.78, 5) is 54.8. The Hall–Kier alpha value is -3.68. The zero-order valence-electron chi connectivity index (χ0n) is 18.1. The minimum absolute atomic E-state index is 0.0942. The van der Waals surface area contributed by atoms with Crippen molar-refractivity contribution in [2.75, 3.05) is 22.9 Å². The van der Waals surface area contributed by atoms with Gasteiger partial charge in [0.05, 0.1) is 0 Å². The molecule has 2 fully saturated rings. The van der Waals surface area contributed by atoms with Crippen molar-refractivity contribution in [2.24, 2.45) is 0 Å². The highest BCUT2D eigenvalue weighted by atomic mass is 16.2. The number of nitrogens with zero attached hydrogens (tertiary/aromatic N) is 3. The van der Waals surface area contributed by atoms with Gasteiger partial charge >= 0.3 is 6.03 Å². The summed E-state index contributed by atoms with van der Waals surface area (Å²) in [6.07, 6.45) is 0.547. The monoisotopic (exact) mass is 432 g/mol. The van der Waals surface area contributed by atoms with Crippen molar-refractivity contribution in [1.82, 2.24) is 10.2 Å². The Morgan fingerprint density at radius 1 is 0.938 bits per heavy atom. The molecule has 0 spiro atoms. The summed E-state index contributed by atoms with van der Waals surface area (Å²) < 4.78 is 0. The highest BCUT2D eigenvalue weighted by molar-refractivity contribution is 6.08. The Morgan fingerprint density at radius 2 is 1.72 bits per heavy atom. The van der Waals surface area contributed by atoms with E-state index in [-0.39, 0.29) is 30.8 Å². The van der Waals surface area contributed by atoms with E-state index in [1.54, 1.807) is 21.9 Å². The molecule has 1 N–H and O–H groups in total. The number of amides is 5. The molecule has 2 saturated heterocycles. The molecule has 3 aliphatic rings. The number of anilines is 2. The van der Waals surface area contributed by atoms with Crippen molar-refractivity contribution in [3.63, 3.8) is 0 Å². The lowest BCUT2D eigenvalue weighted by Crippen LogP contribution is -2.52. The molecule has 1 unspecified atom stereocenters. The number of benzene rings is 2. The van der Waals surface area contributed by atoms with Crippen LogP contribution in [0.3, 0.4) is 0 Å². The van der Waals surface area contributed by atoms with Crippen LogP contribution in [0.5, 0.6) is 0 Å². The molecule has 164 valence electrons. The fraction of sp³-hybridized carbons (Fsp3) is 0.333. The number of hydrogen-bond acceptors (Lipinski definition) is 4. The van der Waals surface area contributed by atoms with Gasteiger partial charge in [-0.2, -0.15) is 0 Å². The Morgan fingerprint density at radius 3 is 2.47 bits per heavy atom. The van der Waals surface area contributed by atoms with Gasteiger partial charge in [0.1, 0.15) is 6.04 Å². The van der Waals surface area contributed by atoms with Gasteiger partial charge in [-0.3, -0.25) is 29.5 Å². The lowest BCUT2D eigenvalue weighted by Gasteiger charge is -2.29. The van der Waals surface area contributed by atoms with E-state index in [9.17, 15) is 19.2 Å². The van der Waals surface area contributed by atoms with Crippen molar-refractivity contribution in [3.8, 4) is 0 Å². The molecule has 5 amide bonds. The van der Waals surface area contributed by atoms with Gasteiger partial charge in [0.2, 0.25) is 11.8 Å². The lowest BCUT2D eigenvalue weighted by atomic mass is 10.0. The summed E-state index contributed by atoms with van der Waals surface area (Å²) in [5, 5.41) is 2.31. The van der Waals surface area contributed by atoms with Crippen LogP contribution in [0, 0.1) is 13.8 Å². The molecule has 32 heavy (non-hydrogen) atoms. The first kappa shape index (κ1) is 20.2. The Labute approximate surface area is 185 Å². The van der Waals surface area contributed by atoms with Crippen LogP contribution in [0.4, 0.5) is 16.2 Å². The first-order chi connectivity index (χ1) is 15.3. The number of aryl methyl sites for hydroxylation is 2. The van der Waals surface area contributed by atoms with Crippen LogP contribution >= 0.6 is 0 Å². The van der Waals surface area contributed by atoms with Crippen LogP contribution in [0.25, 0.3) is 0 Å². The number of hydrogen-bond donors (Lipinski definition) is 1. The van der Waals surface area contributed by atoms with Gasteiger partial charge in [-0.25, -0.2) is 4.79 Å². The Bertz CT molecular complexity index is 1170. The van der Waals surface area contributed by atoms with E-state index in [4.69, 9.17) is 0 Å². The van der Waals surface area contributed by atoms with Gasteiger partial charge in [0, 0.05) is 43.0 Å². The number of fused-ring (bicyclic) bond motifs is 1.